The molecule has 0 bridgehead atoms. The van der Waals surface area contributed by atoms with E-state index in [1.54, 1.807) is 24.5 Å². The molecule has 3 aromatic heterocycles. The zero-order chi connectivity index (χ0) is 24.7. The van der Waals surface area contributed by atoms with E-state index < -0.39 is 0 Å². The summed E-state index contributed by atoms with van der Waals surface area (Å²) < 4.78 is 0. The summed E-state index contributed by atoms with van der Waals surface area (Å²) in [5.74, 6) is 2.07. The summed E-state index contributed by atoms with van der Waals surface area (Å²) in [5.41, 5.74) is 3.00. The molecule has 0 spiro atoms. The number of benzene rings is 1. The number of nitrogens with one attached hydrogen (secondary N) is 5. The minimum absolute atomic E-state index is 0.147. The van der Waals surface area contributed by atoms with Gasteiger partial charge in [0.15, 0.2) is 5.82 Å². The number of hydrogen-bond donors (Lipinski definition) is 5. The van der Waals surface area contributed by atoms with Crippen molar-refractivity contribution in [3.8, 4) is 11.5 Å². The number of aromatic nitrogens is 5. The third-order valence-corrected chi connectivity index (χ3v) is 5.46. The number of hydrogen-bond acceptors (Lipinski definition) is 9. The van der Waals surface area contributed by atoms with E-state index in [0.29, 0.717) is 34.8 Å². The van der Waals surface area contributed by atoms with Gasteiger partial charge in [-0.1, -0.05) is 12.1 Å². The maximum atomic E-state index is 12.3. The molecule has 4 heterocycles. The number of rotatable bonds is 7. The first kappa shape index (κ1) is 23.1. The van der Waals surface area contributed by atoms with Crippen molar-refractivity contribution in [2.45, 2.75) is 19.4 Å². The van der Waals surface area contributed by atoms with Gasteiger partial charge in [-0.3, -0.25) is 0 Å². The van der Waals surface area contributed by atoms with Crippen LogP contribution < -0.4 is 26.6 Å². The Bertz CT molecular complexity index is 1360. The molecule has 1 aliphatic heterocycles. The average Bonchev–Trinajstić information content (AvgIpc) is 3.37. The van der Waals surface area contributed by atoms with Gasteiger partial charge in [-0.25, -0.2) is 24.7 Å². The number of urea groups is 1. The zero-order valence-electron chi connectivity index (χ0n) is 19.7. The van der Waals surface area contributed by atoms with E-state index in [4.69, 9.17) is 0 Å². The Hall–Kier alpha value is -4.64. The highest BCUT2D eigenvalue weighted by Crippen LogP contribution is 2.21. The number of pyridine rings is 1. The minimum Gasteiger partial charge on any atom is -0.334 e. The van der Waals surface area contributed by atoms with Crippen LogP contribution in [0.15, 0.2) is 67.0 Å². The van der Waals surface area contributed by atoms with Crippen molar-refractivity contribution in [2.24, 2.45) is 0 Å². The van der Waals surface area contributed by atoms with E-state index in [0.717, 1.165) is 30.9 Å². The standard InChI is InChI=1S/C25H26N10O/c1-16-4-2-7-20(29-16)23-27-12-9-21(34-23)33-22-10-13-28-24(35-22)30-17-5-3-6-18(14-17)31-25(36)32-19-8-11-26-15-19/h2-7,9-10,12-14,19,26H,8,11,15H2,1H3,(H2,31,32,36)(H2,27,28,30,33,34,35). The summed E-state index contributed by atoms with van der Waals surface area (Å²) in [7, 11) is 0. The van der Waals surface area contributed by atoms with Crippen molar-refractivity contribution in [1.82, 2.24) is 35.6 Å². The van der Waals surface area contributed by atoms with Gasteiger partial charge in [0.25, 0.3) is 0 Å². The van der Waals surface area contributed by atoms with E-state index in [9.17, 15) is 4.79 Å². The molecule has 36 heavy (non-hydrogen) atoms. The monoisotopic (exact) mass is 482 g/mol. The van der Waals surface area contributed by atoms with Gasteiger partial charge in [-0.05, 0) is 62.4 Å². The second-order valence-corrected chi connectivity index (χ2v) is 8.31. The Morgan fingerprint density at radius 2 is 1.72 bits per heavy atom. The van der Waals surface area contributed by atoms with E-state index in [1.807, 2.05) is 49.4 Å². The third kappa shape index (κ3) is 6.07. The van der Waals surface area contributed by atoms with Crippen LogP contribution in [-0.2, 0) is 0 Å². The molecule has 1 saturated heterocycles. The van der Waals surface area contributed by atoms with Crippen LogP contribution in [0.25, 0.3) is 11.5 Å². The molecule has 4 aromatic rings. The van der Waals surface area contributed by atoms with Crippen LogP contribution in [0, 0.1) is 6.92 Å². The molecule has 1 fully saturated rings. The lowest BCUT2D eigenvalue weighted by molar-refractivity contribution is 0.249. The van der Waals surface area contributed by atoms with Crippen molar-refractivity contribution < 1.29 is 4.79 Å². The maximum Gasteiger partial charge on any atom is 0.319 e. The van der Waals surface area contributed by atoms with Gasteiger partial charge in [0.2, 0.25) is 5.95 Å². The number of amides is 2. The summed E-state index contributed by atoms with van der Waals surface area (Å²) in [6.07, 6.45) is 4.25. The SMILES string of the molecule is Cc1cccc(-c2nccc(Nc3ccnc(Nc4cccc(NC(=O)NC5CCNC5)c4)n3)n2)n1. The molecule has 5 rings (SSSR count). The highest BCUT2D eigenvalue weighted by Gasteiger charge is 2.16. The number of aryl methyl sites for hydroxylation is 1. The lowest BCUT2D eigenvalue weighted by atomic mass is 10.2. The molecule has 1 unspecified atom stereocenters. The molecule has 11 nitrogen and oxygen atoms in total. The Morgan fingerprint density at radius 1 is 0.917 bits per heavy atom. The smallest absolute Gasteiger partial charge is 0.319 e. The van der Waals surface area contributed by atoms with Gasteiger partial charge < -0.3 is 26.6 Å². The fraction of sp³-hybridized carbons (Fsp3) is 0.200. The summed E-state index contributed by atoms with van der Waals surface area (Å²) in [6.45, 7) is 3.63. The molecule has 1 atom stereocenters. The molecule has 11 heteroatoms. The van der Waals surface area contributed by atoms with Gasteiger partial charge in [0.05, 0.1) is 0 Å². The Labute approximate surface area is 208 Å². The minimum atomic E-state index is -0.228. The van der Waals surface area contributed by atoms with Gasteiger partial charge >= 0.3 is 6.03 Å². The molecule has 0 saturated carbocycles. The van der Waals surface area contributed by atoms with Crippen LogP contribution in [0.5, 0.6) is 0 Å². The number of nitrogens with zero attached hydrogens (tertiary/aromatic N) is 5. The van der Waals surface area contributed by atoms with E-state index in [1.165, 1.54) is 0 Å². The van der Waals surface area contributed by atoms with Crippen LogP contribution in [0.1, 0.15) is 12.1 Å². The lowest BCUT2D eigenvalue weighted by Gasteiger charge is -2.13. The maximum absolute atomic E-state index is 12.3. The first-order valence-electron chi connectivity index (χ1n) is 11.6. The molecule has 2 amide bonds. The second-order valence-electron chi connectivity index (χ2n) is 8.31. The first-order valence-corrected chi connectivity index (χ1v) is 11.6. The van der Waals surface area contributed by atoms with Gasteiger partial charge in [-0.2, -0.15) is 4.98 Å². The largest absolute Gasteiger partial charge is 0.334 e. The Morgan fingerprint density at radius 3 is 2.56 bits per heavy atom. The molecular weight excluding hydrogens is 456 g/mol. The van der Waals surface area contributed by atoms with Crippen molar-refractivity contribution >= 4 is 35.0 Å². The summed E-state index contributed by atoms with van der Waals surface area (Å²) >= 11 is 0. The van der Waals surface area contributed by atoms with Crippen LogP contribution in [0.3, 0.4) is 0 Å². The average molecular weight is 483 g/mol. The molecule has 0 radical (unpaired) electrons. The predicted molar refractivity (Wildman–Crippen MR) is 138 cm³/mol. The van der Waals surface area contributed by atoms with Gasteiger partial charge in [-0.15, -0.1) is 0 Å². The first-order chi connectivity index (χ1) is 17.6. The lowest BCUT2D eigenvalue weighted by Crippen LogP contribution is -2.39. The molecule has 5 N–H and O–H groups in total. The normalized spacial score (nSPS) is 14.8. The van der Waals surface area contributed by atoms with Gasteiger partial charge in [0.1, 0.15) is 17.3 Å². The quantitative estimate of drug-likeness (QED) is 0.267. The van der Waals surface area contributed by atoms with Crippen molar-refractivity contribution in [2.75, 3.05) is 29.0 Å². The number of carbonyl (C=O) groups excluding carboxylic acids is 1. The molecule has 0 aliphatic carbocycles. The van der Waals surface area contributed by atoms with Crippen molar-refractivity contribution in [3.63, 3.8) is 0 Å². The molecular formula is C25H26N10O. The fourth-order valence-electron chi connectivity index (χ4n) is 3.77. The predicted octanol–water partition coefficient (Wildman–Crippen LogP) is 3.61. The summed E-state index contributed by atoms with van der Waals surface area (Å²) in [4.78, 5) is 34.5. The molecule has 1 aromatic carbocycles. The topological polar surface area (TPSA) is 142 Å². The number of carbonyl (C=O) groups is 1. The highest BCUT2D eigenvalue weighted by atomic mass is 16.2. The van der Waals surface area contributed by atoms with E-state index in [-0.39, 0.29) is 12.1 Å². The third-order valence-electron chi connectivity index (χ3n) is 5.46. The molecule has 1 aliphatic rings. The van der Waals surface area contributed by atoms with Gasteiger partial charge in [0, 0.05) is 42.0 Å². The van der Waals surface area contributed by atoms with Crippen molar-refractivity contribution in [3.05, 3.63) is 72.7 Å². The summed E-state index contributed by atoms with van der Waals surface area (Å²) in [6, 6.07) is 16.5. The fourth-order valence-corrected chi connectivity index (χ4v) is 3.77. The van der Waals surface area contributed by atoms with Crippen molar-refractivity contribution in [1.29, 1.82) is 0 Å². The molecule has 182 valence electrons. The zero-order valence-corrected chi connectivity index (χ0v) is 19.7. The Balaban J connectivity index is 1.24. The summed E-state index contributed by atoms with van der Waals surface area (Å²) in [5, 5.41) is 15.4. The Kier molecular flexibility index (Phi) is 6.90. The second kappa shape index (κ2) is 10.7. The van der Waals surface area contributed by atoms with Crippen LogP contribution in [0.2, 0.25) is 0 Å². The highest BCUT2D eigenvalue weighted by molar-refractivity contribution is 5.90. The van der Waals surface area contributed by atoms with E-state index >= 15 is 0 Å². The van der Waals surface area contributed by atoms with Crippen LogP contribution in [-0.4, -0.2) is 50.1 Å². The van der Waals surface area contributed by atoms with Crippen LogP contribution >= 0.6 is 0 Å². The van der Waals surface area contributed by atoms with E-state index in [2.05, 4.69) is 51.5 Å². The van der Waals surface area contributed by atoms with Crippen LogP contribution in [0.4, 0.5) is 33.8 Å². The number of anilines is 5.